The molecule has 1 aromatic rings. The van der Waals surface area contributed by atoms with Crippen molar-refractivity contribution in [1.82, 2.24) is 4.98 Å². The maximum absolute atomic E-state index is 11.8. The number of pyridine rings is 1. The second-order valence-electron chi connectivity index (χ2n) is 2.31. The maximum Gasteiger partial charge on any atom is 0.488 e. The predicted molar refractivity (Wildman–Crippen MR) is 49.0 cm³/mol. The van der Waals surface area contributed by atoms with Gasteiger partial charge in [0, 0.05) is 6.20 Å². The van der Waals surface area contributed by atoms with E-state index in [9.17, 15) is 12.9 Å². The average Bonchev–Trinajstić information content (AvgIpc) is 2.01. The van der Waals surface area contributed by atoms with Gasteiger partial charge in [0.05, 0.1) is 5.02 Å². The highest BCUT2D eigenvalue weighted by molar-refractivity contribution is 8.00. The molecule has 0 radical (unpaired) electrons. The van der Waals surface area contributed by atoms with E-state index in [1.165, 1.54) is 12.3 Å². The Labute approximate surface area is 82.7 Å². The lowest BCUT2D eigenvalue weighted by Gasteiger charge is -2.12. The fourth-order valence-electron chi connectivity index (χ4n) is 0.651. The van der Waals surface area contributed by atoms with Gasteiger partial charge >= 0.3 is 6.98 Å². The van der Waals surface area contributed by atoms with Crippen LogP contribution in [0, 0.1) is 0 Å². The number of rotatable bonds is 3. The molecule has 0 saturated carbocycles. The van der Waals surface area contributed by atoms with Gasteiger partial charge in [-0.15, -0.1) is 11.8 Å². The first-order chi connectivity index (χ1) is 5.99. The molecule has 0 bridgehead atoms. The van der Waals surface area contributed by atoms with Crippen molar-refractivity contribution in [2.75, 3.05) is 5.65 Å². The van der Waals surface area contributed by atoms with Crippen molar-refractivity contribution in [2.45, 2.75) is 5.03 Å². The van der Waals surface area contributed by atoms with Crippen LogP contribution in [-0.2, 0) is 0 Å². The van der Waals surface area contributed by atoms with Crippen molar-refractivity contribution in [2.24, 2.45) is 0 Å². The molecule has 1 heterocycles. The van der Waals surface area contributed by atoms with Crippen LogP contribution in [0.25, 0.3) is 0 Å². The Morgan fingerprint density at radius 3 is 2.69 bits per heavy atom. The zero-order valence-electron chi connectivity index (χ0n) is 6.38. The zero-order valence-corrected chi connectivity index (χ0v) is 7.96. The van der Waals surface area contributed by atoms with Gasteiger partial charge in [-0.2, -0.15) is 0 Å². The first-order valence-electron chi connectivity index (χ1n) is 3.43. The van der Waals surface area contributed by atoms with Gasteiger partial charge in [-0.3, -0.25) is 0 Å². The molecule has 0 aliphatic heterocycles. The summed E-state index contributed by atoms with van der Waals surface area (Å²) in [6.07, 6.45) is 1.41. The molecule has 0 saturated heterocycles. The SMILES string of the molecule is F[B-](F)(F)CSc1ncccc1Cl. The van der Waals surface area contributed by atoms with Gasteiger partial charge in [-0.25, -0.2) is 4.98 Å². The molecule has 7 heteroatoms. The van der Waals surface area contributed by atoms with Crippen molar-refractivity contribution in [3.05, 3.63) is 23.4 Å². The molecular formula is C6H5BClF3NS-. The third-order valence-corrected chi connectivity index (χ3v) is 2.69. The molecule has 1 rings (SSSR count). The summed E-state index contributed by atoms with van der Waals surface area (Å²) in [5.74, 6) is 0. The van der Waals surface area contributed by atoms with Crippen LogP contribution in [0.4, 0.5) is 12.9 Å². The molecule has 1 aromatic heterocycles. The van der Waals surface area contributed by atoms with Crippen molar-refractivity contribution in [3.8, 4) is 0 Å². The van der Waals surface area contributed by atoms with Crippen LogP contribution < -0.4 is 0 Å². The molecule has 0 atom stereocenters. The Kier molecular flexibility index (Phi) is 3.50. The van der Waals surface area contributed by atoms with Gasteiger partial charge in [0.1, 0.15) is 5.03 Å². The summed E-state index contributed by atoms with van der Waals surface area (Å²) >= 11 is 6.22. The number of thioether (sulfide) groups is 1. The van der Waals surface area contributed by atoms with E-state index in [-0.39, 0.29) is 10.0 Å². The minimum Gasteiger partial charge on any atom is -0.448 e. The third kappa shape index (κ3) is 3.91. The number of hydrogen-bond donors (Lipinski definition) is 0. The summed E-state index contributed by atoms with van der Waals surface area (Å²) in [6.45, 7) is -4.78. The molecule has 0 N–H and O–H groups in total. The van der Waals surface area contributed by atoms with Gasteiger partial charge in [-0.05, 0) is 17.8 Å². The van der Waals surface area contributed by atoms with Crippen LogP contribution >= 0.6 is 23.4 Å². The van der Waals surface area contributed by atoms with Crippen LogP contribution in [0.2, 0.25) is 5.02 Å². The quantitative estimate of drug-likeness (QED) is 0.580. The molecule has 72 valence electrons. The lowest BCUT2D eigenvalue weighted by atomic mass is 9.98. The van der Waals surface area contributed by atoms with Gasteiger partial charge in [-0.1, -0.05) is 11.6 Å². The lowest BCUT2D eigenvalue weighted by Crippen LogP contribution is -2.19. The van der Waals surface area contributed by atoms with Crippen molar-refractivity contribution >= 4 is 30.3 Å². The molecule has 0 aromatic carbocycles. The number of halogens is 4. The van der Waals surface area contributed by atoms with Gasteiger partial charge in [0.25, 0.3) is 0 Å². The van der Waals surface area contributed by atoms with E-state index in [4.69, 9.17) is 11.6 Å². The minimum atomic E-state index is -4.78. The zero-order chi connectivity index (χ0) is 9.90. The summed E-state index contributed by atoms with van der Waals surface area (Å²) < 4.78 is 35.5. The second kappa shape index (κ2) is 4.24. The van der Waals surface area contributed by atoms with E-state index in [0.717, 1.165) is 0 Å². The predicted octanol–water partition coefficient (Wildman–Crippen LogP) is 3.21. The average molecular weight is 226 g/mol. The first kappa shape index (κ1) is 10.7. The smallest absolute Gasteiger partial charge is 0.448 e. The highest BCUT2D eigenvalue weighted by Crippen LogP contribution is 2.27. The van der Waals surface area contributed by atoms with E-state index in [1.807, 2.05) is 0 Å². The minimum absolute atomic E-state index is 0.225. The molecule has 13 heavy (non-hydrogen) atoms. The van der Waals surface area contributed by atoms with Gasteiger partial charge in [0.2, 0.25) is 0 Å². The highest BCUT2D eigenvalue weighted by Gasteiger charge is 2.23. The van der Waals surface area contributed by atoms with Crippen LogP contribution in [0.15, 0.2) is 23.4 Å². The third-order valence-electron chi connectivity index (χ3n) is 1.13. The largest absolute Gasteiger partial charge is 0.488 e. The van der Waals surface area contributed by atoms with E-state index in [2.05, 4.69) is 4.98 Å². The Balaban J connectivity index is 2.60. The van der Waals surface area contributed by atoms with Crippen molar-refractivity contribution in [1.29, 1.82) is 0 Å². The molecular weight excluding hydrogens is 221 g/mol. The fourth-order valence-corrected chi connectivity index (χ4v) is 1.62. The van der Waals surface area contributed by atoms with E-state index < -0.39 is 12.6 Å². The molecule has 0 aliphatic carbocycles. The summed E-state index contributed by atoms with van der Waals surface area (Å²) in [7, 11) is 0. The molecule has 0 unspecified atom stereocenters. The number of hydrogen-bond acceptors (Lipinski definition) is 2. The number of nitrogens with zero attached hydrogens (tertiary/aromatic N) is 1. The second-order valence-corrected chi connectivity index (χ2v) is 3.73. The highest BCUT2D eigenvalue weighted by atomic mass is 35.5. The van der Waals surface area contributed by atoms with Crippen LogP contribution in [0.1, 0.15) is 0 Å². The fraction of sp³-hybridized carbons (Fsp3) is 0.167. The molecule has 1 nitrogen and oxygen atoms in total. The molecule has 0 aliphatic rings. The Hall–Kier alpha value is -0.355. The number of aromatic nitrogens is 1. The molecule has 0 amide bonds. The van der Waals surface area contributed by atoms with Crippen molar-refractivity contribution in [3.63, 3.8) is 0 Å². The van der Waals surface area contributed by atoms with E-state index >= 15 is 0 Å². The summed E-state index contributed by atoms with van der Waals surface area (Å²) in [5, 5.41) is 0.482. The molecule has 0 fully saturated rings. The van der Waals surface area contributed by atoms with E-state index in [1.54, 1.807) is 6.07 Å². The normalized spacial score (nSPS) is 11.7. The molecule has 0 spiro atoms. The van der Waals surface area contributed by atoms with E-state index in [0.29, 0.717) is 11.8 Å². The standard InChI is InChI=1S/C6H5BClF3NS/c8-5-2-1-3-12-6(5)13-4-7(9,10)11/h1-3H,4H2/q-1. The Morgan fingerprint density at radius 1 is 1.46 bits per heavy atom. The maximum atomic E-state index is 11.8. The Bertz CT molecular complexity index is 293. The van der Waals surface area contributed by atoms with Crippen molar-refractivity contribution < 1.29 is 12.9 Å². The van der Waals surface area contributed by atoms with Gasteiger partial charge in [0.15, 0.2) is 0 Å². The van der Waals surface area contributed by atoms with Crippen LogP contribution in [-0.4, -0.2) is 17.6 Å². The topological polar surface area (TPSA) is 12.9 Å². The Morgan fingerprint density at radius 2 is 2.15 bits per heavy atom. The van der Waals surface area contributed by atoms with Gasteiger partial charge < -0.3 is 12.9 Å². The lowest BCUT2D eigenvalue weighted by molar-refractivity contribution is 0.485. The monoisotopic (exact) mass is 226 g/mol. The summed E-state index contributed by atoms with van der Waals surface area (Å²) in [5.41, 5.74) is -0.906. The van der Waals surface area contributed by atoms with Crippen LogP contribution in [0.5, 0.6) is 0 Å². The summed E-state index contributed by atoms with van der Waals surface area (Å²) in [6, 6.07) is 3.09. The first-order valence-corrected chi connectivity index (χ1v) is 4.80. The summed E-state index contributed by atoms with van der Waals surface area (Å²) in [4.78, 5) is 3.72. The van der Waals surface area contributed by atoms with Crippen LogP contribution in [0.3, 0.4) is 0 Å².